The number of fused-ring (bicyclic) bond motifs is 4. The maximum Gasteiger partial charge on any atom is 0.417 e. The number of aromatic nitrogens is 8. The number of nitrogen functional groups attached to an aromatic ring is 1. The number of benzene rings is 5. The van der Waals surface area contributed by atoms with Crippen molar-refractivity contribution in [2.24, 2.45) is 5.73 Å². The molecule has 24 nitrogen and oxygen atoms in total. The number of H-pyrrole nitrogens is 1. The number of aryl methyl sites for hydroxylation is 4. The van der Waals surface area contributed by atoms with Crippen LogP contribution in [-0.4, -0.2) is 123 Å². The second-order valence-corrected chi connectivity index (χ2v) is 36.5. The zero-order valence-corrected chi connectivity index (χ0v) is 80.9. The number of rotatable bonds is 18. The standard InChI is InChI=1S/C20H17ClF3N3O2S.C17H12ClF3N2O2S.C16H10ClF3N2O3S.C14H14ClNO2S.C13H6ClF3N2OS.C4H7BrO.C4H9N.CH3NO/c21-15-4-3-12(9-14(15)20(22,23)24)13-10-30-18-17(13)19(29)27(11-25-18)8-5-16(28)26-6-1-2-7-26;1-9(24)4-5-23-8-22-15-14(16(23)25)11(7-26-15)10-2-3-13(18)12(6-10)17(19,20)21;17-11-2-1-8(5-10(11)16(18,19)20)9-6-26-14-13(9)15(25)22(7-21-14)4-3-12(23)24;1-3-18-14(17)12-10(7-19-13(12)16)9-4-5-11(15)8(2)6-9;14-9-2-1-6(3-8(9)13(15,16)17)7-4-21-12-10(7)11(20)18-5-19-12;1-4(6)2-3-5;1-2-4-5-3-1;2-1-3/h3-4,9-11H,1-2,5-8H2;2-3,6-8H,4-5H2,1H3;1-2,5-7H,3-4H2,(H,23,24);4-7H,3,16H2,1-2H3;1-5H,(H,18,19,20);2-3H2,1H3;5H,1-4H2;1H,(H2,2,3). The number of carboxylic acids is 1. The van der Waals surface area contributed by atoms with Gasteiger partial charge in [0, 0.05) is 117 Å². The third-order valence-electron chi connectivity index (χ3n) is 19.9. The van der Waals surface area contributed by atoms with Crippen molar-refractivity contribution in [3.63, 3.8) is 0 Å². The average Bonchev–Trinajstić information content (AvgIpc) is 1.61. The Kier molecular flexibility index (Phi) is 39.2. The van der Waals surface area contributed by atoms with Crippen molar-refractivity contribution in [3.8, 4) is 55.6 Å². The third-order valence-corrected chi connectivity index (χ3v) is 26.4. The molecule has 5 aromatic carbocycles. The van der Waals surface area contributed by atoms with Gasteiger partial charge in [-0.15, -0.1) is 56.7 Å². The fraction of sp³-hybridized carbons (Fsp3) is 0.281. The number of nitrogens with two attached hydrogens (primary N) is 2. The summed E-state index contributed by atoms with van der Waals surface area (Å²) in [6.45, 7) is 11.2. The van der Waals surface area contributed by atoms with Gasteiger partial charge in [0.2, 0.25) is 12.3 Å². The van der Waals surface area contributed by atoms with E-state index < -0.39 is 79.1 Å². The van der Waals surface area contributed by atoms with Crippen LogP contribution in [0.15, 0.2) is 162 Å². The minimum Gasteiger partial charge on any atom is -0.481 e. The molecular weight excluding hydrogens is 2070 g/mol. The van der Waals surface area contributed by atoms with Crippen LogP contribution in [0, 0.1) is 6.92 Å². The summed E-state index contributed by atoms with van der Waals surface area (Å²) >= 11 is 37.7. The van der Waals surface area contributed by atoms with Crippen LogP contribution in [0.4, 0.5) is 57.7 Å². The maximum atomic E-state index is 13.2. The van der Waals surface area contributed by atoms with Crippen LogP contribution in [0.5, 0.6) is 0 Å². The van der Waals surface area contributed by atoms with Crippen LogP contribution >= 0.6 is 131 Å². The highest BCUT2D eigenvalue weighted by Crippen LogP contribution is 2.45. The molecule has 0 atom stereocenters. The van der Waals surface area contributed by atoms with Gasteiger partial charge < -0.3 is 36.5 Å². The van der Waals surface area contributed by atoms with Crippen molar-refractivity contribution in [3.05, 3.63) is 243 Å². The lowest BCUT2D eigenvalue weighted by Crippen LogP contribution is -2.30. The van der Waals surface area contributed by atoms with Crippen molar-refractivity contribution in [2.75, 3.05) is 43.8 Å². The number of ketones is 2. The average molecular weight is 2150 g/mol. The van der Waals surface area contributed by atoms with E-state index in [-0.39, 0.29) is 129 Å². The molecule has 14 aromatic rings. The number of alkyl halides is 13. The van der Waals surface area contributed by atoms with E-state index in [0.717, 1.165) is 100 Å². The summed E-state index contributed by atoms with van der Waals surface area (Å²) in [5.74, 6) is -1.31. The Morgan fingerprint density at radius 1 is 0.493 bits per heavy atom. The number of carbonyl (C=O) groups is 6. The van der Waals surface area contributed by atoms with Gasteiger partial charge in [-0.05, 0) is 161 Å². The number of aromatic amines is 1. The summed E-state index contributed by atoms with van der Waals surface area (Å²) < 4.78 is 166. The fourth-order valence-corrected chi connectivity index (χ4v) is 19.2. The normalized spacial score (nSPS) is 12.4. The number of nitrogens with zero attached hydrogens (tertiary/aromatic N) is 8. The van der Waals surface area contributed by atoms with E-state index in [0.29, 0.717) is 70.2 Å². The molecule has 2 aliphatic heterocycles. The molecule has 47 heteroatoms. The number of thiophene rings is 5. The zero-order valence-electron chi connectivity index (χ0n) is 71.5. The number of likely N-dealkylation sites (tertiary alicyclic amines) is 1. The highest BCUT2D eigenvalue weighted by molar-refractivity contribution is 9.09. The quantitative estimate of drug-likeness (QED) is 0.0230. The number of Topliss-reactive ketones (excluding diaryl/α,β-unsaturated/α-hetero) is 2. The minimum atomic E-state index is -4.63. The number of anilines is 1. The number of hydrogen-bond acceptors (Lipinski definition) is 22. The van der Waals surface area contributed by atoms with Gasteiger partial charge in [-0.1, -0.05) is 104 Å². The summed E-state index contributed by atoms with van der Waals surface area (Å²) in [7, 11) is 0. The van der Waals surface area contributed by atoms with E-state index in [4.69, 9.17) is 78.4 Å². The van der Waals surface area contributed by atoms with E-state index in [2.05, 4.69) is 51.9 Å². The Morgan fingerprint density at radius 3 is 1.15 bits per heavy atom. The van der Waals surface area contributed by atoms with E-state index in [9.17, 15) is 95.8 Å². The Labute approximate surface area is 817 Å². The van der Waals surface area contributed by atoms with Crippen LogP contribution in [0.25, 0.3) is 96.5 Å². The fourth-order valence-electron chi connectivity index (χ4n) is 13.2. The van der Waals surface area contributed by atoms with Crippen LogP contribution in [-0.2, 0) is 73.0 Å². The Hall–Kier alpha value is -10.8. The number of amides is 2. The number of carbonyl (C=O) groups excluding carboxylic acids is 5. The topological polar surface area (TPSA) is 350 Å². The molecule has 136 heavy (non-hydrogen) atoms. The van der Waals surface area contributed by atoms with Gasteiger partial charge in [-0.2, -0.15) is 52.7 Å². The summed E-state index contributed by atoms with van der Waals surface area (Å²) in [6, 6.07) is 19.7. The molecule has 9 aromatic heterocycles. The summed E-state index contributed by atoms with van der Waals surface area (Å²) in [6.07, 6.45) is -7.44. The van der Waals surface area contributed by atoms with Crippen LogP contribution in [0.3, 0.4) is 0 Å². The number of halogens is 18. The van der Waals surface area contributed by atoms with Crippen molar-refractivity contribution >= 4 is 212 Å². The molecule has 2 aliphatic rings. The van der Waals surface area contributed by atoms with Crippen LogP contribution in [0.1, 0.15) is 110 Å². The Morgan fingerprint density at radius 2 is 0.831 bits per heavy atom. The lowest BCUT2D eigenvalue weighted by Gasteiger charge is -2.15. The predicted molar refractivity (Wildman–Crippen MR) is 513 cm³/mol. The van der Waals surface area contributed by atoms with E-state index in [1.54, 1.807) is 40.3 Å². The first-order chi connectivity index (χ1) is 64.2. The number of nitrogens with one attached hydrogen (secondary N) is 2. The molecule has 2 fully saturated rings. The number of ether oxygens (including phenoxy) is 1. The molecule has 722 valence electrons. The summed E-state index contributed by atoms with van der Waals surface area (Å²) in [4.78, 5) is 137. The monoisotopic (exact) mass is 2150 g/mol. The lowest BCUT2D eigenvalue weighted by molar-refractivity contribution is -0.138. The molecule has 2 saturated heterocycles. The summed E-state index contributed by atoms with van der Waals surface area (Å²) in [5.41, 5.74) is 10.0. The van der Waals surface area contributed by atoms with Crippen LogP contribution in [0.2, 0.25) is 25.1 Å². The van der Waals surface area contributed by atoms with E-state index >= 15 is 0 Å². The third kappa shape index (κ3) is 28.7. The molecule has 7 N–H and O–H groups in total. The maximum absolute atomic E-state index is 13.2. The lowest BCUT2D eigenvalue weighted by atomic mass is 10.0. The first kappa shape index (κ1) is 109. The summed E-state index contributed by atoms with van der Waals surface area (Å²) in [5, 5.41) is 21.5. The van der Waals surface area contributed by atoms with Crippen molar-refractivity contribution in [2.45, 2.75) is 123 Å². The van der Waals surface area contributed by atoms with Gasteiger partial charge in [0.15, 0.2) is 0 Å². The largest absolute Gasteiger partial charge is 0.481 e. The second kappa shape index (κ2) is 49.0. The molecule has 0 spiro atoms. The number of hydrogen-bond donors (Lipinski definition) is 5. The Balaban J connectivity index is 0.000000185. The van der Waals surface area contributed by atoms with Gasteiger partial charge in [-0.3, -0.25) is 56.9 Å². The molecule has 0 unspecified atom stereocenters. The van der Waals surface area contributed by atoms with Crippen molar-refractivity contribution < 1.29 is 91.3 Å². The van der Waals surface area contributed by atoms with E-state index in [1.165, 1.54) is 149 Å². The molecule has 11 heterocycles. The highest BCUT2D eigenvalue weighted by atomic mass is 79.9. The first-order valence-electron chi connectivity index (χ1n) is 40.3. The second-order valence-electron chi connectivity index (χ2n) is 29.3. The molecule has 0 saturated carbocycles. The zero-order chi connectivity index (χ0) is 100. The number of primary amides is 1. The van der Waals surface area contributed by atoms with Gasteiger partial charge in [-0.25, -0.2) is 24.7 Å². The minimum absolute atomic E-state index is 0.0161. The number of aliphatic carboxylic acids is 1. The molecule has 0 radical (unpaired) electrons. The smallest absolute Gasteiger partial charge is 0.417 e. The van der Waals surface area contributed by atoms with Gasteiger partial charge in [0.05, 0.1) is 102 Å². The molecular formula is C89H78BrCl5F12N12O12S5. The Bertz CT molecular complexity index is 6750. The highest BCUT2D eigenvalue weighted by Gasteiger charge is 2.38. The van der Waals surface area contributed by atoms with Crippen LogP contribution < -0.4 is 39.0 Å². The molecule has 2 amide bonds. The predicted octanol–water partition coefficient (Wildman–Crippen LogP) is 23.1. The number of esters is 1. The van der Waals surface area contributed by atoms with Crippen molar-refractivity contribution in [1.82, 2.24) is 48.8 Å². The first-order valence-corrected chi connectivity index (χ1v) is 47.7. The molecule has 16 rings (SSSR count). The van der Waals surface area contributed by atoms with E-state index in [1.807, 2.05) is 30.5 Å². The molecule has 0 bridgehead atoms. The molecule has 0 aliphatic carbocycles. The van der Waals surface area contributed by atoms with Gasteiger partial charge in [0.1, 0.15) is 41.5 Å². The van der Waals surface area contributed by atoms with Gasteiger partial charge >= 0.3 is 36.6 Å². The van der Waals surface area contributed by atoms with Crippen molar-refractivity contribution in [1.29, 1.82) is 0 Å². The van der Waals surface area contributed by atoms with Gasteiger partial charge in [0.25, 0.3) is 22.2 Å². The SMILES string of the molecule is C1CCNC1.CC(=O)CCBr.CC(=O)CCn1cnc2scc(-c3ccc(Cl)c(C(F)(F)F)c3)c2c1=O.CCOC(=O)c1c(-c2ccc(Cl)c(C)c2)csc1N.NC=O.O=C(CCn1cnc2scc(-c3ccc(Cl)c(C(F)(F)F)c3)c2c1=O)N1CCCC1.O=C(O)CCn1cnc2scc(-c3ccc(Cl)c(C(F)(F)F)c3)c2c1=O.O=c1[nH]cnc2scc(-c3ccc(Cl)c(C(F)(F)F)c3)c12. The number of carboxylic acid groups (broad SMARTS) is 1.